The highest BCUT2D eigenvalue weighted by Crippen LogP contribution is 2.11. The number of nitrogens with two attached hydrogens (primary N) is 1. The van der Waals surface area contributed by atoms with Gasteiger partial charge in [-0.05, 0) is 0 Å². The van der Waals surface area contributed by atoms with Crippen molar-refractivity contribution in [2.45, 2.75) is 0 Å². The normalized spacial score (nSPS) is 42.0. The minimum Gasteiger partial charge on any atom is -0.382 e. The van der Waals surface area contributed by atoms with Gasteiger partial charge in [-0.3, -0.25) is 4.98 Å². The minimum atomic E-state index is -3.13. The SMILES string of the molecule is [2H]C1([2H])OC([2H])([2H])C([2H])([2H])N(c2cncc(N)n2)C1([2H])[2H]. The first kappa shape index (κ1) is 3.09. The van der Waals surface area contributed by atoms with Crippen molar-refractivity contribution < 1.29 is 15.7 Å². The summed E-state index contributed by atoms with van der Waals surface area (Å²) in [5.41, 5.74) is 5.41. The number of nitrogen functional groups attached to an aromatic ring is 1. The van der Waals surface area contributed by atoms with Gasteiger partial charge in [0.25, 0.3) is 0 Å². The molecule has 0 amide bonds. The number of hydrogen-bond acceptors (Lipinski definition) is 5. The summed E-state index contributed by atoms with van der Waals surface area (Å²) in [5.74, 6) is -0.590. The first-order chi connectivity index (χ1) is 9.33. The largest absolute Gasteiger partial charge is 0.382 e. The van der Waals surface area contributed by atoms with E-state index in [-0.39, 0.29) is 10.7 Å². The summed E-state index contributed by atoms with van der Waals surface area (Å²) in [7, 11) is 0. The predicted octanol–water partition coefficient (Wildman–Crippen LogP) is -0.105. The Morgan fingerprint density at radius 1 is 1.46 bits per heavy atom. The highest BCUT2D eigenvalue weighted by molar-refractivity contribution is 5.41. The van der Waals surface area contributed by atoms with Gasteiger partial charge in [-0.25, -0.2) is 4.98 Å². The van der Waals surface area contributed by atoms with Gasteiger partial charge in [-0.1, -0.05) is 0 Å². The molecule has 0 radical (unpaired) electrons. The Bertz CT molecular complexity index is 539. The average Bonchev–Trinajstić information content (AvgIpc) is 2.24. The highest BCUT2D eigenvalue weighted by Gasteiger charge is 2.12. The van der Waals surface area contributed by atoms with Gasteiger partial charge in [0, 0.05) is 13.0 Å². The molecule has 0 unspecified atom stereocenters. The van der Waals surface area contributed by atoms with E-state index in [1.54, 1.807) is 0 Å². The summed E-state index contributed by atoms with van der Waals surface area (Å²) in [4.78, 5) is 7.54. The molecule has 13 heavy (non-hydrogen) atoms. The van der Waals surface area contributed by atoms with Crippen molar-refractivity contribution in [3.8, 4) is 0 Å². The van der Waals surface area contributed by atoms with Crippen LogP contribution in [0.25, 0.3) is 0 Å². The molecule has 0 atom stereocenters. The van der Waals surface area contributed by atoms with Crippen molar-refractivity contribution >= 4 is 11.6 Å². The number of nitrogens with zero attached hydrogens (tertiary/aromatic N) is 3. The first-order valence-corrected chi connectivity index (χ1v) is 3.41. The summed E-state index contributed by atoms with van der Waals surface area (Å²) < 4.78 is 65.7. The third-order valence-electron chi connectivity index (χ3n) is 1.29. The maximum atomic E-state index is 7.80. The number of morpholine rings is 1. The Morgan fingerprint density at radius 3 is 2.92 bits per heavy atom. The Labute approximate surface area is 87.8 Å². The fourth-order valence-corrected chi connectivity index (χ4v) is 0.783. The van der Waals surface area contributed by atoms with E-state index in [4.69, 9.17) is 16.7 Å². The lowest BCUT2D eigenvalue weighted by atomic mass is 10.4. The molecular formula is C8H12N4O. The van der Waals surface area contributed by atoms with Gasteiger partial charge in [0.15, 0.2) is 0 Å². The van der Waals surface area contributed by atoms with Gasteiger partial charge < -0.3 is 15.4 Å². The quantitative estimate of drug-likeness (QED) is 0.666. The van der Waals surface area contributed by atoms with Crippen LogP contribution in [0.15, 0.2) is 12.4 Å². The lowest BCUT2D eigenvalue weighted by Crippen LogP contribution is -2.36. The van der Waals surface area contributed by atoms with Crippen molar-refractivity contribution in [1.29, 1.82) is 0 Å². The zero-order valence-electron chi connectivity index (χ0n) is 14.5. The molecule has 2 heterocycles. The number of rotatable bonds is 1. The molecule has 2 rings (SSSR count). The van der Waals surface area contributed by atoms with Crippen LogP contribution in [0.2, 0.25) is 0 Å². The van der Waals surface area contributed by atoms with Crippen LogP contribution in [0.4, 0.5) is 11.6 Å². The van der Waals surface area contributed by atoms with Crippen LogP contribution in [-0.4, -0.2) is 36.1 Å². The molecule has 2 N–H and O–H groups in total. The lowest BCUT2D eigenvalue weighted by Gasteiger charge is -2.27. The van der Waals surface area contributed by atoms with Crippen molar-refractivity contribution in [3.05, 3.63) is 12.4 Å². The lowest BCUT2D eigenvalue weighted by molar-refractivity contribution is 0.122. The third kappa shape index (κ3) is 1.86. The van der Waals surface area contributed by atoms with Crippen LogP contribution in [0.3, 0.4) is 0 Å². The second-order valence-electron chi connectivity index (χ2n) is 2.17. The molecule has 0 aliphatic carbocycles. The van der Waals surface area contributed by atoms with E-state index in [9.17, 15) is 0 Å². The van der Waals surface area contributed by atoms with Crippen LogP contribution in [0, 0.1) is 0 Å². The molecule has 1 saturated heterocycles. The molecule has 70 valence electrons. The standard InChI is InChI=1S/C8H12N4O/c9-7-5-10-6-8(11-7)12-1-3-13-4-2-12/h5-6H,1-4H2,(H2,9,11)/i1D2,2D2,3D2,4D2. The molecule has 5 nitrogen and oxygen atoms in total. The van der Waals surface area contributed by atoms with Gasteiger partial charge in [0.2, 0.25) is 0 Å². The fourth-order valence-electron chi connectivity index (χ4n) is 0.783. The molecule has 5 heteroatoms. The van der Waals surface area contributed by atoms with Crippen LogP contribution in [0.5, 0.6) is 0 Å². The van der Waals surface area contributed by atoms with E-state index in [0.717, 1.165) is 12.4 Å². The molecule has 0 spiro atoms. The second kappa shape index (κ2) is 3.57. The third-order valence-corrected chi connectivity index (χ3v) is 1.29. The number of anilines is 2. The van der Waals surface area contributed by atoms with Crippen molar-refractivity contribution in [1.82, 2.24) is 9.97 Å². The molecule has 0 saturated carbocycles. The summed E-state index contributed by atoms with van der Waals surface area (Å²) in [5, 5.41) is 0. The van der Waals surface area contributed by atoms with Crippen LogP contribution in [0.1, 0.15) is 11.0 Å². The van der Waals surface area contributed by atoms with Crippen molar-refractivity contribution in [2.24, 2.45) is 0 Å². The van der Waals surface area contributed by atoms with E-state index in [0.29, 0.717) is 0 Å². The van der Waals surface area contributed by atoms with E-state index in [2.05, 4.69) is 14.7 Å². The second-order valence-corrected chi connectivity index (χ2v) is 2.17. The maximum absolute atomic E-state index is 7.80. The Hall–Kier alpha value is -1.36. The number of ether oxygens (including phenoxy) is 1. The summed E-state index contributed by atoms with van der Waals surface area (Å²) >= 11 is 0. The molecule has 1 aromatic rings. The fraction of sp³-hybridized carbons (Fsp3) is 0.500. The molecule has 1 aliphatic heterocycles. The molecule has 0 bridgehead atoms. The highest BCUT2D eigenvalue weighted by atomic mass is 16.5. The molecule has 1 aliphatic rings. The maximum Gasteiger partial charge on any atom is 0.149 e. The van der Waals surface area contributed by atoms with Gasteiger partial charge in [0.1, 0.15) is 11.6 Å². The summed E-state index contributed by atoms with van der Waals surface area (Å²) in [6.45, 7) is -12.4. The average molecular weight is 188 g/mol. The van der Waals surface area contributed by atoms with Gasteiger partial charge in [-0.15, -0.1) is 0 Å². The van der Waals surface area contributed by atoms with Crippen LogP contribution >= 0.6 is 0 Å². The predicted molar refractivity (Wildman–Crippen MR) is 49.5 cm³/mol. The summed E-state index contributed by atoms with van der Waals surface area (Å²) in [6, 6.07) is 0. The molecule has 1 fully saturated rings. The first-order valence-electron chi connectivity index (χ1n) is 7.41. The topological polar surface area (TPSA) is 64.3 Å². The zero-order valence-corrected chi connectivity index (χ0v) is 6.48. The van der Waals surface area contributed by atoms with Crippen molar-refractivity contribution in [2.75, 3.05) is 36.7 Å². The minimum absolute atomic E-state index is 0.147. The zero-order chi connectivity index (χ0) is 16.3. The van der Waals surface area contributed by atoms with E-state index < -0.39 is 31.9 Å². The Kier molecular flexibility index (Phi) is 0.850. The van der Waals surface area contributed by atoms with Gasteiger partial charge in [-0.2, -0.15) is 0 Å². The smallest absolute Gasteiger partial charge is 0.149 e. The molecular weight excluding hydrogens is 168 g/mol. The van der Waals surface area contributed by atoms with Crippen LogP contribution < -0.4 is 10.6 Å². The Balaban J connectivity index is 2.67. The van der Waals surface area contributed by atoms with Crippen LogP contribution in [-0.2, 0) is 4.74 Å². The van der Waals surface area contributed by atoms with Gasteiger partial charge >= 0.3 is 0 Å². The molecule has 1 aromatic heterocycles. The molecule has 0 aromatic carbocycles. The van der Waals surface area contributed by atoms with Gasteiger partial charge in [0.05, 0.1) is 36.5 Å². The number of aromatic nitrogens is 2. The Morgan fingerprint density at radius 2 is 2.23 bits per heavy atom. The van der Waals surface area contributed by atoms with E-state index >= 15 is 0 Å². The van der Waals surface area contributed by atoms with E-state index in [1.807, 2.05) is 0 Å². The van der Waals surface area contributed by atoms with E-state index in [1.165, 1.54) is 0 Å². The summed E-state index contributed by atoms with van der Waals surface area (Å²) in [6.07, 6.45) is 2.10. The van der Waals surface area contributed by atoms with Crippen molar-refractivity contribution in [3.63, 3.8) is 0 Å². The monoisotopic (exact) mass is 188 g/mol. The number of hydrogen-bond donors (Lipinski definition) is 1.